The number of hydrogen-bond donors (Lipinski definition) is 2. The van der Waals surface area contributed by atoms with Gasteiger partial charge in [-0.15, -0.1) is 0 Å². The minimum atomic E-state index is -1.13. The molecular formula is C11H15NO3. The Labute approximate surface area is 88.9 Å². The topological polar surface area (TPSA) is 58.6 Å². The molecule has 82 valence electrons. The van der Waals surface area contributed by atoms with Gasteiger partial charge in [0.1, 0.15) is 11.5 Å². The molecule has 0 amide bonds. The Balaban J connectivity index is 2.97. The first kappa shape index (κ1) is 11.7. The Hall–Kier alpha value is -1.39. The van der Waals surface area contributed by atoms with E-state index in [1.807, 2.05) is 0 Å². The molecule has 4 heteroatoms. The monoisotopic (exact) mass is 209 g/mol. The van der Waals surface area contributed by atoms with E-state index in [4.69, 9.17) is 4.74 Å². The second kappa shape index (κ2) is 4.42. The summed E-state index contributed by atoms with van der Waals surface area (Å²) in [6, 6.07) is 6.76. The van der Waals surface area contributed by atoms with Gasteiger partial charge in [0.2, 0.25) is 0 Å². The van der Waals surface area contributed by atoms with Crippen molar-refractivity contribution in [1.82, 2.24) is 5.32 Å². The van der Waals surface area contributed by atoms with Crippen LogP contribution in [0.3, 0.4) is 0 Å². The summed E-state index contributed by atoms with van der Waals surface area (Å²) < 4.78 is 4.92. The second-order valence-electron chi connectivity index (χ2n) is 3.44. The van der Waals surface area contributed by atoms with Gasteiger partial charge in [-0.3, -0.25) is 10.1 Å². The zero-order valence-electron chi connectivity index (χ0n) is 9.07. The van der Waals surface area contributed by atoms with Gasteiger partial charge < -0.3 is 9.84 Å². The summed E-state index contributed by atoms with van der Waals surface area (Å²) in [5, 5.41) is 12.7. The molecule has 1 aromatic carbocycles. The first-order chi connectivity index (χ1) is 6.95. The molecular weight excluding hydrogens is 194 g/mol. The average Bonchev–Trinajstić information content (AvgIpc) is 2.17. The van der Waals surface area contributed by atoms with Gasteiger partial charge in [-0.05, 0) is 26.1 Å². The molecule has 0 saturated carbocycles. The summed E-state index contributed by atoms with van der Waals surface area (Å²) in [7, 11) is 1.65. The molecule has 0 spiro atoms. The number of ether oxygens (including phenoxy) is 1. The number of rotatable bonds is 3. The van der Waals surface area contributed by atoms with Crippen LogP contribution in [0.15, 0.2) is 24.3 Å². The predicted octanol–water partition coefficient (Wildman–Crippen LogP) is 0.996. The molecule has 1 unspecified atom stereocenters. The first-order valence-electron chi connectivity index (χ1n) is 4.66. The molecule has 0 bridgehead atoms. The van der Waals surface area contributed by atoms with Crippen LogP contribution in [0.2, 0.25) is 0 Å². The van der Waals surface area contributed by atoms with Crippen molar-refractivity contribution >= 4 is 5.97 Å². The second-order valence-corrected chi connectivity index (χ2v) is 3.44. The van der Waals surface area contributed by atoms with Crippen LogP contribution in [0, 0.1) is 0 Å². The number of esters is 1. The zero-order valence-corrected chi connectivity index (χ0v) is 9.07. The standard InChI is InChI=1S/C11H15NO3/c1-8(13)15-10-6-4-5-9(7-10)11(2,14)12-3/h4-7,12,14H,1-3H3. The third-order valence-electron chi connectivity index (χ3n) is 2.14. The van der Waals surface area contributed by atoms with Gasteiger partial charge >= 0.3 is 5.97 Å². The summed E-state index contributed by atoms with van der Waals surface area (Å²) in [6.45, 7) is 2.96. The lowest BCUT2D eigenvalue weighted by atomic mass is 10.1. The molecule has 1 aromatic rings. The van der Waals surface area contributed by atoms with Crippen LogP contribution in [0.4, 0.5) is 0 Å². The fourth-order valence-corrected chi connectivity index (χ4v) is 1.17. The van der Waals surface area contributed by atoms with Gasteiger partial charge in [0, 0.05) is 12.5 Å². The molecule has 4 nitrogen and oxygen atoms in total. The predicted molar refractivity (Wildman–Crippen MR) is 56.4 cm³/mol. The fraction of sp³-hybridized carbons (Fsp3) is 0.364. The molecule has 1 atom stereocenters. The molecule has 0 aliphatic carbocycles. The lowest BCUT2D eigenvalue weighted by Gasteiger charge is -2.23. The third kappa shape index (κ3) is 3.04. The van der Waals surface area contributed by atoms with Crippen LogP contribution in [-0.2, 0) is 10.5 Å². The Bertz CT molecular complexity index is 361. The SMILES string of the molecule is CNC(C)(O)c1cccc(OC(C)=O)c1. The summed E-state index contributed by atoms with van der Waals surface area (Å²) in [5.41, 5.74) is -0.486. The molecule has 1 rings (SSSR count). The van der Waals surface area contributed by atoms with Gasteiger partial charge in [-0.2, -0.15) is 0 Å². The van der Waals surface area contributed by atoms with E-state index >= 15 is 0 Å². The molecule has 0 fully saturated rings. The molecule has 0 aromatic heterocycles. The maximum atomic E-state index is 10.7. The maximum absolute atomic E-state index is 10.7. The number of carbonyl (C=O) groups excluding carboxylic acids is 1. The maximum Gasteiger partial charge on any atom is 0.308 e. The summed E-state index contributed by atoms with van der Waals surface area (Å²) >= 11 is 0. The van der Waals surface area contributed by atoms with Crippen molar-refractivity contribution in [3.63, 3.8) is 0 Å². The molecule has 0 saturated heterocycles. The highest BCUT2D eigenvalue weighted by molar-refractivity contribution is 5.69. The number of carbonyl (C=O) groups is 1. The Kier molecular flexibility index (Phi) is 3.44. The minimum absolute atomic E-state index is 0.378. The largest absolute Gasteiger partial charge is 0.427 e. The Morgan fingerprint density at radius 3 is 2.73 bits per heavy atom. The summed E-state index contributed by atoms with van der Waals surface area (Å²) in [5.74, 6) is 0.0479. The number of nitrogens with one attached hydrogen (secondary N) is 1. The molecule has 0 aliphatic heterocycles. The van der Waals surface area contributed by atoms with Crippen LogP contribution in [0.25, 0.3) is 0 Å². The summed E-state index contributed by atoms with van der Waals surface area (Å²) in [6.07, 6.45) is 0. The van der Waals surface area contributed by atoms with Crippen molar-refractivity contribution in [2.45, 2.75) is 19.6 Å². The summed E-state index contributed by atoms with van der Waals surface area (Å²) in [4.78, 5) is 10.7. The van der Waals surface area contributed by atoms with Crippen LogP contribution in [0.1, 0.15) is 19.4 Å². The van der Waals surface area contributed by atoms with Crippen LogP contribution < -0.4 is 10.1 Å². The molecule has 15 heavy (non-hydrogen) atoms. The van der Waals surface area contributed by atoms with E-state index in [0.29, 0.717) is 11.3 Å². The minimum Gasteiger partial charge on any atom is -0.427 e. The average molecular weight is 209 g/mol. The Morgan fingerprint density at radius 2 is 2.20 bits per heavy atom. The van der Waals surface area contributed by atoms with Gasteiger partial charge in [-0.1, -0.05) is 12.1 Å². The highest BCUT2D eigenvalue weighted by Crippen LogP contribution is 2.21. The quantitative estimate of drug-likeness (QED) is 0.443. The van der Waals surface area contributed by atoms with E-state index < -0.39 is 5.72 Å². The van der Waals surface area contributed by atoms with Gasteiger partial charge in [0.05, 0.1) is 0 Å². The van der Waals surface area contributed by atoms with E-state index in [1.165, 1.54) is 6.92 Å². The molecule has 0 heterocycles. The van der Waals surface area contributed by atoms with Crippen molar-refractivity contribution in [3.8, 4) is 5.75 Å². The van der Waals surface area contributed by atoms with Crippen molar-refractivity contribution in [2.24, 2.45) is 0 Å². The van der Waals surface area contributed by atoms with Gasteiger partial charge in [0.15, 0.2) is 0 Å². The third-order valence-corrected chi connectivity index (χ3v) is 2.14. The zero-order chi connectivity index (χ0) is 11.5. The highest BCUT2D eigenvalue weighted by atomic mass is 16.5. The molecule has 2 N–H and O–H groups in total. The van der Waals surface area contributed by atoms with E-state index in [0.717, 1.165) is 0 Å². The van der Waals surface area contributed by atoms with Crippen molar-refractivity contribution < 1.29 is 14.6 Å². The van der Waals surface area contributed by atoms with Crippen LogP contribution >= 0.6 is 0 Å². The Morgan fingerprint density at radius 1 is 1.53 bits per heavy atom. The van der Waals surface area contributed by atoms with Crippen molar-refractivity contribution in [1.29, 1.82) is 0 Å². The smallest absolute Gasteiger partial charge is 0.308 e. The lowest BCUT2D eigenvalue weighted by Crippen LogP contribution is -2.36. The normalized spacial score (nSPS) is 14.4. The number of benzene rings is 1. The van der Waals surface area contributed by atoms with E-state index in [-0.39, 0.29) is 5.97 Å². The molecule has 0 radical (unpaired) electrons. The highest BCUT2D eigenvalue weighted by Gasteiger charge is 2.20. The number of aliphatic hydroxyl groups is 1. The van der Waals surface area contributed by atoms with E-state index in [9.17, 15) is 9.90 Å². The molecule has 0 aliphatic rings. The van der Waals surface area contributed by atoms with Gasteiger partial charge in [-0.25, -0.2) is 0 Å². The van der Waals surface area contributed by atoms with Crippen LogP contribution in [-0.4, -0.2) is 18.1 Å². The van der Waals surface area contributed by atoms with E-state index in [2.05, 4.69) is 5.32 Å². The lowest BCUT2D eigenvalue weighted by molar-refractivity contribution is -0.131. The number of hydrogen-bond acceptors (Lipinski definition) is 4. The van der Waals surface area contributed by atoms with E-state index in [1.54, 1.807) is 38.2 Å². The fourth-order valence-electron chi connectivity index (χ4n) is 1.17. The van der Waals surface area contributed by atoms with Crippen LogP contribution in [0.5, 0.6) is 5.75 Å². The van der Waals surface area contributed by atoms with Crippen molar-refractivity contribution in [2.75, 3.05) is 7.05 Å². The first-order valence-corrected chi connectivity index (χ1v) is 4.66. The van der Waals surface area contributed by atoms with Crippen molar-refractivity contribution in [3.05, 3.63) is 29.8 Å². The van der Waals surface area contributed by atoms with Gasteiger partial charge in [0.25, 0.3) is 0 Å².